The third kappa shape index (κ3) is 12.1. The van der Waals surface area contributed by atoms with E-state index < -0.39 is 6.10 Å². The van der Waals surface area contributed by atoms with E-state index in [9.17, 15) is 5.11 Å². The van der Waals surface area contributed by atoms with E-state index in [4.69, 9.17) is 14.5 Å². The maximum atomic E-state index is 10.1. The highest BCUT2D eigenvalue weighted by Crippen LogP contribution is 2.41. The lowest BCUT2D eigenvalue weighted by Gasteiger charge is -2.27. The minimum Gasteiger partial charge on any atom is -0.389 e. The molecule has 0 heterocycles. The summed E-state index contributed by atoms with van der Waals surface area (Å²) in [7, 11) is 0. The maximum absolute atomic E-state index is 10.1. The van der Waals surface area contributed by atoms with Gasteiger partial charge in [-0.1, -0.05) is 26.7 Å². The highest BCUT2D eigenvalue weighted by molar-refractivity contribution is 14.0. The Balaban J connectivity index is 0.00000676. The molecular weight excluding hydrogens is 457 g/mol. The largest absolute Gasteiger partial charge is 0.389 e. The fourth-order valence-electron chi connectivity index (χ4n) is 3.35. The maximum Gasteiger partial charge on any atom is 0.191 e. The molecule has 1 saturated carbocycles. The molecule has 0 aromatic carbocycles. The second-order valence-electron chi connectivity index (χ2n) is 7.82. The fourth-order valence-corrected chi connectivity index (χ4v) is 3.35. The topological polar surface area (TPSA) is 75.1 Å². The van der Waals surface area contributed by atoms with Gasteiger partial charge in [0.25, 0.3) is 0 Å². The molecule has 0 aromatic rings. The molecule has 0 amide bonds. The molecule has 7 heteroatoms. The van der Waals surface area contributed by atoms with Crippen molar-refractivity contribution in [3.63, 3.8) is 0 Å². The van der Waals surface area contributed by atoms with Crippen LogP contribution in [0.25, 0.3) is 0 Å². The zero-order valence-electron chi connectivity index (χ0n) is 17.8. The van der Waals surface area contributed by atoms with E-state index in [0.29, 0.717) is 25.7 Å². The van der Waals surface area contributed by atoms with Gasteiger partial charge in [-0.15, -0.1) is 24.0 Å². The van der Waals surface area contributed by atoms with Crippen LogP contribution in [-0.4, -0.2) is 63.2 Å². The number of hydrogen-bond acceptors (Lipinski definition) is 4. The summed E-state index contributed by atoms with van der Waals surface area (Å²) >= 11 is 0. The molecule has 0 aromatic heterocycles. The van der Waals surface area contributed by atoms with Crippen LogP contribution >= 0.6 is 24.0 Å². The molecule has 3 N–H and O–H groups in total. The highest BCUT2D eigenvalue weighted by atomic mass is 127. The average Bonchev–Trinajstić information content (AvgIpc) is 3.06. The van der Waals surface area contributed by atoms with Crippen molar-refractivity contribution in [3.05, 3.63) is 0 Å². The predicted octanol–water partition coefficient (Wildman–Crippen LogP) is 3.18. The monoisotopic (exact) mass is 499 g/mol. The third-order valence-corrected chi connectivity index (χ3v) is 4.83. The zero-order valence-corrected chi connectivity index (χ0v) is 20.1. The lowest BCUT2D eigenvalue weighted by molar-refractivity contribution is 0.0280. The van der Waals surface area contributed by atoms with Crippen LogP contribution in [0.4, 0.5) is 0 Å². The van der Waals surface area contributed by atoms with Gasteiger partial charge in [0.1, 0.15) is 0 Å². The summed E-state index contributed by atoms with van der Waals surface area (Å²) in [5, 5.41) is 16.6. The molecule has 6 nitrogen and oxygen atoms in total. The summed E-state index contributed by atoms with van der Waals surface area (Å²) in [6.45, 7) is 13.0. The number of aliphatic imine (C=N–C) groups is 1. The number of aliphatic hydroxyl groups excluding tert-OH is 1. The number of nitrogens with zero attached hydrogens (tertiary/aromatic N) is 1. The van der Waals surface area contributed by atoms with Crippen molar-refractivity contribution in [1.29, 1.82) is 0 Å². The lowest BCUT2D eigenvalue weighted by atomic mass is 9.83. The van der Waals surface area contributed by atoms with Crippen LogP contribution in [0.2, 0.25) is 0 Å². The first kappa shape index (κ1) is 26.9. The lowest BCUT2D eigenvalue weighted by Crippen LogP contribution is -2.43. The van der Waals surface area contributed by atoms with E-state index in [1.54, 1.807) is 0 Å². The Labute approximate surface area is 183 Å². The second-order valence-corrected chi connectivity index (χ2v) is 7.82. The van der Waals surface area contributed by atoms with Crippen molar-refractivity contribution >= 4 is 29.9 Å². The summed E-state index contributed by atoms with van der Waals surface area (Å²) in [4.78, 5) is 4.81. The van der Waals surface area contributed by atoms with Crippen molar-refractivity contribution in [3.8, 4) is 0 Å². The summed E-state index contributed by atoms with van der Waals surface area (Å²) in [6, 6.07) is 0. The molecule has 1 unspecified atom stereocenters. The molecule has 162 valence electrons. The van der Waals surface area contributed by atoms with Gasteiger partial charge in [-0.3, -0.25) is 4.99 Å². The van der Waals surface area contributed by atoms with Crippen LogP contribution in [0.15, 0.2) is 4.99 Å². The summed E-state index contributed by atoms with van der Waals surface area (Å²) in [5.74, 6) is 1.26. The summed E-state index contributed by atoms with van der Waals surface area (Å²) in [5.41, 5.74) is 0.274. The van der Waals surface area contributed by atoms with E-state index in [0.717, 1.165) is 38.7 Å². The van der Waals surface area contributed by atoms with Gasteiger partial charge < -0.3 is 25.2 Å². The molecule has 1 fully saturated rings. The Morgan fingerprint density at radius 3 is 2.41 bits per heavy atom. The Bertz CT molecular complexity index is 389. The summed E-state index contributed by atoms with van der Waals surface area (Å²) in [6.07, 6.45) is 5.59. The number of ether oxygens (including phenoxy) is 2. The van der Waals surface area contributed by atoms with Gasteiger partial charge in [0, 0.05) is 39.5 Å². The van der Waals surface area contributed by atoms with Gasteiger partial charge in [-0.25, -0.2) is 0 Å². The van der Waals surface area contributed by atoms with Crippen molar-refractivity contribution in [1.82, 2.24) is 10.6 Å². The van der Waals surface area contributed by atoms with Crippen LogP contribution in [0.1, 0.15) is 59.8 Å². The molecule has 1 aliphatic rings. The van der Waals surface area contributed by atoms with Crippen molar-refractivity contribution < 1.29 is 14.6 Å². The third-order valence-electron chi connectivity index (χ3n) is 4.83. The molecule has 27 heavy (non-hydrogen) atoms. The van der Waals surface area contributed by atoms with Crippen LogP contribution < -0.4 is 10.6 Å². The molecule has 0 bridgehead atoms. The standard InChI is InChI=1S/C20H41N3O3.HI/c1-5-21-19(22-13-18(24)15-26-14-17(3)4)23-16-20(9-7-8-10-20)11-12-25-6-2;/h17-18,24H,5-16H2,1-4H3,(H2,21,22,23);1H. The van der Waals surface area contributed by atoms with E-state index in [2.05, 4.69) is 31.4 Å². The highest BCUT2D eigenvalue weighted by Gasteiger charge is 2.33. The number of rotatable bonds is 13. The predicted molar refractivity (Wildman–Crippen MR) is 123 cm³/mol. The normalized spacial score (nSPS) is 17.6. The van der Waals surface area contributed by atoms with Gasteiger partial charge in [0.2, 0.25) is 0 Å². The molecule has 0 spiro atoms. The number of nitrogens with one attached hydrogen (secondary N) is 2. The van der Waals surface area contributed by atoms with Crippen LogP contribution in [0.3, 0.4) is 0 Å². The van der Waals surface area contributed by atoms with E-state index in [1.807, 2.05) is 6.92 Å². The molecule has 1 rings (SSSR count). The molecule has 0 radical (unpaired) electrons. The Hall–Kier alpha value is -0.120. The first-order valence-electron chi connectivity index (χ1n) is 10.4. The minimum absolute atomic E-state index is 0. The Morgan fingerprint density at radius 1 is 1.11 bits per heavy atom. The van der Waals surface area contributed by atoms with Gasteiger partial charge in [-0.2, -0.15) is 0 Å². The molecule has 0 aliphatic heterocycles. The minimum atomic E-state index is -0.531. The molecule has 0 saturated heterocycles. The molecule has 1 aliphatic carbocycles. The zero-order chi connectivity index (χ0) is 19.3. The van der Waals surface area contributed by atoms with E-state index in [-0.39, 0.29) is 29.4 Å². The quantitative estimate of drug-likeness (QED) is 0.157. The van der Waals surface area contributed by atoms with Crippen molar-refractivity contribution in [2.45, 2.75) is 65.9 Å². The van der Waals surface area contributed by atoms with Gasteiger partial charge >= 0.3 is 0 Å². The van der Waals surface area contributed by atoms with E-state index in [1.165, 1.54) is 25.7 Å². The number of guanidine groups is 1. The molecular formula is C20H42IN3O3. The van der Waals surface area contributed by atoms with Crippen LogP contribution in [0.5, 0.6) is 0 Å². The smallest absolute Gasteiger partial charge is 0.191 e. The SMILES string of the molecule is CCNC(=NCC1(CCOCC)CCCC1)NCC(O)COCC(C)C.I. The molecule has 1 atom stereocenters. The second kappa shape index (κ2) is 15.8. The van der Waals surface area contributed by atoms with Crippen LogP contribution in [-0.2, 0) is 9.47 Å². The Morgan fingerprint density at radius 2 is 1.81 bits per heavy atom. The Kier molecular flexibility index (Phi) is 15.7. The van der Waals surface area contributed by atoms with Crippen molar-refractivity contribution in [2.24, 2.45) is 16.3 Å². The number of aliphatic hydroxyl groups is 1. The van der Waals surface area contributed by atoms with Gasteiger partial charge in [-0.05, 0) is 44.4 Å². The fraction of sp³-hybridized carbons (Fsp3) is 0.950. The summed E-state index contributed by atoms with van der Waals surface area (Å²) < 4.78 is 11.1. The van der Waals surface area contributed by atoms with Gasteiger partial charge in [0.05, 0.1) is 12.7 Å². The van der Waals surface area contributed by atoms with Crippen molar-refractivity contribution in [2.75, 3.05) is 46.1 Å². The number of halogens is 1. The first-order valence-corrected chi connectivity index (χ1v) is 10.4. The number of hydrogen-bond donors (Lipinski definition) is 3. The first-order chi connectivity index (χ1) is 12.5. The van der Waals surface area contributed by atoms with Gasteiger partial charge in [0.15, 0.2) is 5.96 Å². The van der Waals surface area contributed by atoms with Crippen LogP contribution in [0, 0.1) is 11.3 Å². The van der Waals surface area contributed by atoms with E-state index >= 15 is 0 Å². The average molecular weight is 499 g/mol.